The molecule has 3 atom stereocenters. The molecule has 0 aliphatic rings. The number of likely N-dealkylation sites (N-methyl/N-ethyl adjacent to an activating group) is 1. The summed E-state index contributed by atoms with van der Waals surface area (Å²) < 4.78 is 0. The van der Waals surface area contributed by atoms with Gasteiger partial charge in [-0.1, -0.05) is 37.3 Å². The second-order valence-corrected chi connectivity index (χ2v) is 5.83. The SMILES string of the molecule is CCC(C(=O)NCC(CC(C)O)c1ccccc1)N(C)C. The van der Waals surface area contributed by atoms with E-state index in [-0.39, 0.29) is 24.0 Å². The maximum Gasteiger partial charge on any atom is 0.237 e. The topological polar surface area (TPSA) is 52.6 Å². The van der Waals surface area contributed by atoms with Gasteiger partial charge in [-0.25, -0.2) is 0 Å². The lowest BCUT2D eigenvalue weighted by Crippen LogP contribution is -2.44. The molecule has 0 aliphatic carbocycles. The lowest BCUT2D eigenvalue weighted by molar-refractivity contribution is -0.125. The zero-order chi connectivity index (χ0) is 15.8. The van der Waals surface area contributed by atoms with Crippen molar-refractivity contribution in [2.45, 2.75) is 44.8 Å². The van der Waals surface area contributed by atoms with Crippen LogP contribution in [0.5, 0.6) is 0 Å². The summed E-state index contributed by atoms with van der Waals surface area (Å²) in [5.74, 6) is 0.184. The minimum absolute atomic E-state index is 0.0500. The maximum atomic E-state index is 12.2. The van der Waals surface area contributed by atoms with Crippen molar-refractivity contribution in [1.29, 1.82) is 0 Å². The summed E-state index contributed by atoms with van der Waals surface area (Å²) in [5.41, 5.74) is 1.15. The number of aliphatic hydroxyl groups is 1. The van der Waals surface area contributed by atoms with Gasteiger partial charge in [0.2, 0.25) is 5.91 Å². The van der Waals surface area contributed by atoms with Crippen LogP contribution in [-0.2, 0) is 4.79 Å². The van der Waals surface area contributed by atoms with Gasteiger partial charge in [0.25, 0.3) is 0 Å². The molecule has 4 nitrogen and oxygen atoms in total. The number of nitrogens with zero attached hydrogens (tertiary/aromatic N) is 1. The first-order valence-electron chi connectivity index (χ1n) is 7.62. The van der Waals surface area contributed by atoms with Crippen LogP contribution in [-0.4, -0.2) is 48.7 Å². The molecule has 0 fully saturated rings. The first-order valence-corrected chi connectivity index (χ1v) is 7.62. The molecule has 0 aromatic heterocycles. The van der Waals surface area contributed by atoms with Gasteiger partial charge in [0, 0.05) is 12.5 Å². The molecular weight excluding hydrogens is 264 g/mol. The van der Waals surface area contributed by atoms with Gasteiger partial charge < -0.3 is 10.4 Å². The Morgan fingerprint density at radius 3 is 2.38 bits per heavy atom. The van der Waals surface area contributed by atoms with Crippen LogP contribution in [0.4, 0.5) is 0 Å². The number of rotatable bonds is 8. The van der Waals surface area contributed by atoms with Crippen molar-refractivity contribution in [3.05, 3.63) is 35.9 Å². The minimum Gasteiger partial charge on any atom is -0.393 e. The number of benzene rings is 1. The summed E-state index contributed by atoms with van der Waals surface area (Å²) in [6.45, 7) is 4.35. The molecule has 0 heterocycles. The fourth-order valence-corrected chi connectivity index (χ4v) is 2.60. The lowest BCUT2D eigenvalue weighted by Gasteiger charge is -2.24. The summed E-state index contributed by atoms with van der Waals surface area (Å²) in [6.07, 6.45) is 1.04. The molecule has 21 heavy (non-hydrogen) atoms. The number of carbonyl (C=O) groups excluding carboxylic acids is 1. The van der Waals surface area contributed by atoms with Gasteiger partial charge in [0.1, 0.15) is 0 Å². The van der Waals surface area contributed by atoms with Gasteiger partial charge in [-0.2, -0.15) is 0 Å². The highest BCUT2D eigenvalue weighted by atomic mass is 16.3. The summed E-state index contributed by atoms with van der Waals surface area (Å²) >= 11 is 0. The first kappa shape index (κ1) is 17.7. The molecule has 1 aromatic rings. The molecule has 0 saturated heterocycles. The number of carbonyl (C=O) groups is 1. The van der Waals surface area contributed by atoms with E-state index in [1.165, 1.54) is 0 Å². The molecule has 0 radical (unpaired) electrons. The smallest absolute Gasteiger partial charge is 0.237 e. The van der Waals surface area contributed by atoms with Crippen molar-refractivity contribution in [2.24, 2.45) is 0 Å². The molecule has 2 N–H and O–H groups in total. The van der Waals surface area contributed by atoms with Crippen LogP contribution in [0.1, 0.15) is 38.2 Å². The average molecular weight is 292 g/mol. The number of amides is 1. The Morgan fingerprint density at radius 2 is 1.90 bits per heavy atom. The zero-order valence-electron chi connectivity index (χ0n) is 13.5. The molecule has 1 aromatic carbocycles. The Bertz CT molecular complexity index is 418. The van der Waals surface area contributed by atoms with Crippen molar-refractivity contribution in [3.63, 3.8) is 0 Å². The van der Waals surface area contributed by atoms with E-state index < -0.39 is 0 Å². The van der Waals surface area contributed by atoms with E-state index in [0.717, 1.165) is 12.0 Å². The number of nitrogens with one attached hydrogen (secondary N) is 1. The maximum absolute atomic E-state index is 12.2. The Balaban J connectivity index is 2.68. The lowest BCUT2D eigenvalue weighted by atomic mass is 9.93. The molecule has 0 bridgehead atoms. The molecule has 3 unspecified atom stereocenters. The van der Waals surface area contributed by atoms with E-state index in [4.69, 9.17) is 0 Å². The van der Waals surface area contributed by atoms with Gasteiger partial charge in [-0.15, -0.1) is 0 Å². The second-order valence-electron chi connectivity index (χ2n) is 5.83. The predicted octanol–water partition coefficient (Wildman–Crippen LogP) is 2.00. The number of hydrogen-bond donors (Lipinski definition) is 2. The fourth-order valence-electron chi connectivity index (χ4n) is 2.60. The third-order valence-corrected chi connectivity index (χ3v) is 3.73. The zero-order valence-corrected chi connectivity index (χ0v) is 13.5. The highest BCUT2D eigenvalue weighted by Gasteiger charge is 2.20. The van der Waals surface area contributed by atoms with Gasteiger partial charge in [0.05, 0.1) is 12.1 Å². The molecule has 1 rings (SSSR count). The van der Waals surface area contributed by atoms with E-state index >= 15 is 0 Å². The van der Waals surface area contributed by atoms with E-state index in [1.807, 2.05) is 56.3 Å². The predicted molar refractivity (Wildman–Crippen MR) is 86.3 cm³/mol. The van der Waals surface area contributed by atoms with Crippen LogP contribution in [0, 0.1) is 0 Å². The van der Waals surface area contributed by atoms with Gasteiger partial charge >= 0.3 is 0 Å². The van der Waals surface area contributed by atoms with Gasteiger partial charge in [0.15, 0.2) is 0 Å². The number of hydrogen-bond acceptors (Lipinski definition) is 3. The van der Waals surface area contributed by atoms with Crippen LogP contribution in [0.2, 0.25) is 0 Å². The Labute approximate surface area is 128 Å². The van der Waals surface area contributed by atoms with Crippen LogP contribution in [0.25, 0.3) is 0 Å². The van der Waals surface area contributed by atoms with Crippen LogP contribution in [0.15, 0.2) is 30.3 Å². The first-order chi connectivity index (χ1) is 9.95. The Hall–Kier alpha value is -1.39. The van der Waals surface area contributed by atoms with Gasteiger partial charge in [-0.05, 0) is 39.4 Å². The Morgan fingerprint density at radius 1 is 1.29 bits per heavy atom. The third kappa shape index (κ3) is 5.86. The normalized spacial score (nSPS) is 15.5. The summed E-state index contributed by atoms with van der Waals surface area (Å²) in [7, 11) is 3.83. The highest BCUT2D eigenvalue weighted by molar-refractivity contribution is 5.81. The summed E-state index contributed by atoms with van der Waals surface area (Å²) in [4.78, 5) is 14.2. The quantitative estimate of drug-likeness (QED) is 0.770. The minimum atomic E-state index is -0.386. The summed E-state index contributed by atoms with van der Waals surface area (Å²) in [6, 6.07) is 9.93. The van der Waals surface area contributed by atoms with Crippen LogP contribution >= 0.6 is 0 Å². The molecule has 0 aliphatic heterocycles. The van der Waals surface area contributed by atoms with Crippen LogP contribution < -0.4 is 5.32 Å². The van der Waals surface area contributed by atoms with Crippen molar-refractivity contribution in [2.75, 3.05) is 20.6 Å². The van der Waals surface area contributed by atoms with Crippen molar-refractivity contribution >= 4 is 5.91 Å². The van der Waals surface area contributed by atoms with Crippen LogP contribution in [0.3, 0.4) is 0 Å². The van der Waals surface area contributed by atoms with Gasteiger partial charge in [-0.3, -0.25) is 9.69 Å². The second kappa shape index (κ2) is 8.80. The van der Waals surface area contributed by atoms with E-state index in [2.05, 4.69) is 5.32 Å². The molecule has 4 heteroatoms. The Kier molecular flexibility index (Phi) is 7.40. The third-order valence-electron chi connectivity index (χ3n) is 3.73. The molecule has 1 amide bonds. The molecule has 0 saturated carbocycles. The standard InChI is InChI=1S/C17H28N2O2/c1-5-16(19(3)4)17(21)18-12-15(11-13(2)20)14-9-7-6-8-10-14/h6-10,13,15-16,20H,5,11-12H2,1-4H3,(H,18,21). The fraction of sp³-hybridized carbons (Fsp3) is 0.588. The van der Waals surface area contributed by atoms with E-state index in [0.29, 0.717) is 13.0 Å². The van der Waals surface area contributed by atoms with Crippen molar-refractivity contribution in [3.8, 4) is 0 Å². The van der Waals surface area contributed by atoms with Crippen molar-refractivity contribution < 1.29 is 9.90 Å². The summed E-state index contributed by atoms with van der Waals surface area (Å²) in [5, 5.41) is 12.7. The van der Waals surface area contributed by atoms with E-state index in [1.54, 1.807) is 6.92 Å². The highest BCUT2D eigenvalue weighted by Crippen LogP contribution is 2.20. The molecule has 118 valence electrons. The van der Waals surface area contributed by atoms with Crippen molar-refractivity contribution in [1.82, 2.24) is 10.2 Å². The largest absolute Gasteiger partial charge is 0.393 e. The van der Waals surface area contributed by atoms with E-state index in [9.17, 15) is 9.90 Å². The monoisotopic (exact) mass is 292 g/mol. The molecule has 0 spiro atoms. The average Bonchev–Trinajstić information content (AvgIpc) is 2.44. The number of aliphatic hydroxyl groups excluding tert-OH is 1. The molecular formula is C17H28N2O2.